The fraction of sp³-hybridized carbons (Fsp3) is 0.333. The molecule has 1 heterocycles. The Morgan fingerprint density at radius 1 is 1.11 bits per heavy atom. The van der Waals surface area contributed by atoms with E-state index in [1.165, 1.54) is 43.4 Å². The zero-order valence-corrected chi connectivity index (χ0v) is 20.8. The number of ether oxygens (including phenoxy) is 1. The maximum absolute atomic E-state index is 13.5. The van der Waals surface area contributed by atoms with E-state index in [0.29, 0.717) is 24.0 Å². The first kappa shape index (κ1) is 26.0. The largest absolute Gasteiger partial charge is 0.482 e. The van der Waals surface area contributed by atoms with Crippen LogP contribution in [0.25, 0.3) is 22.3 Å². The van der Waals surface area contributed by atoms with Crippen molar-refractivity contribution in [3.63, 3.8) is 0 Å². The molecule has 2 aromatic carbocycles. The van der Waals surface area contributed by atoms with Crippen LogP contribution in [-0.4, -0.2) is 64.0 Å². The van der Waals surface area contributed by atoms with Gasteiger partial charge in [0.2, 0.25) is 0 Å². The van der Waals surface area contributed by atoms with Crippen molar-refractivity contribution in [1.29, 1.82) is 0 Å². The van der Waals surface area contributed by atoms with E-state index in [-0.39, 0.29) is 46.7 Å². The Labute approximate surface area is 203 Å². The third-order valence-electron chi connectivity index (χ3n) is 5.34. The lowest BCUT2D eigenvalue weighted by Crippen LogP contribution is -2.34. The first-order chi connectivity index (χ1) is 16.6. The summed E-state index contributed by atoms with van der Waals surface area (Å²) in [6.07, 6.45) is 1.08. The maximum atomic E-state index is 13.5. The predicted octanol–water partition coefficient (Wildman–Crippen LogP) is 3.26. The number of fused-ring (bicyclic) bond motifs is 1. The average Bonchev–Trinajstić information content (AvgIpc) is 3.19. The van der Waals surface area contributed by atoms with Gasteiger partial charge in [-0.15, -0.1) is 0 Å². The van der Waals surface area contributed by atoms with E-state index in [1.54, 1.807) is 4.90 Å². The summed E-state index contributed by atoms with van der Waals surface area (Å²) in [5, 5.41) is 5.76. The number of rotatable bonds is 10. The Kier molecular flexibility index (Phi) is 8.00. The van der Waals surface area contributed by atoms with Gasteiger partial charge in [0.1, 0.15) is 28.8 Å². The number of halogens is 1. The number of benzene rings is 2. The van der Waals surface area contributed by atoms with Crippen molar-refractivity contribution in [3.05, 3.63) is 47.8 Å². The second-order valence-electron chi connectivity index (χ2n) is 7.84. The molecule has 3 rings (SSSR count). The molecule has 0 fully saturated rings. The van der Waals surface area contributed by atoms with Gasteiger partial charge in [-0.2, -0.15) is 0 Å². The number of amides is 2. The summed E-state index contributed by atoms with van der Waals surface area (Å²) in [6.45, 7) is 4.45. The summed E-state index contributed by atoms with van der Waals surface area (Å²) >= 11 is 0. The molecule has 0 radical (unpaired) electrons. The molecular formula is C24H28FN3O6S. The summed E-state index contributed by atoms with van der Waals surface area (Å²) < 4.78 is 48.7. The Morgan fingerprint density at radius 2 is 1.77 bits per heavy atom. The number of sulfone groups is 1. The Hall–Kier alpha value is -3.60. The van der Waals surface area contributed by atoms with Crippen molar-refractivity contribution in [1.82, 2.24) is 10.2 Å². The van der Waals surface area contributed by atoms with Crippen molar-refractivity contribution in [2.75, 3.05) is 44.2 Å². The maximum Gasteiger partial charge on any atom is 0.260 e. The topological polar surface area (TPSA) is 118 Å². The number of anilines is 1. The summed E-state index contributed by atoms with van der Waals surface area (Å²) in [6, 6.07) is 8.52. The van der Waals surface area contributed by atoms with Crippen LogP contribution in [0.2, 0.25) is 0 Å². The van der Waals surface area contributed by atoms with Crippen molar-refractivity contribution < 1.29 is 31.6 Å². The fourth-order valence-electron chi connectivity index (χ4n) is 3.55. The van der Waals surface area contributed by atoms with Crippen LogP contribution in [-0.2, 0) is 14.6 Å². The Morgan fingerprint density at radius 3 is 2.34 bits per heavy atom. The number of carbonyl (C=O) groups is 2. The van der Waals surface area contributed by atoms with Crippen LogP contribution in [0, 0.1) is 5.82 Å². The zero-order chi connectivity index (χ0) is 25.8. The van der Waals surface area contributed by atoms with Gasteiger partial charge in [0, 0.05) is 43.4 Å². The van der Waals surface area contributed by atoms with Crippen LogP contribution in [0.4, 0.5) is 10.1 Å². The van der Waals surface area contributed by atoms with E-state index < -0.39 is 21.6 Å². The van der Waals surface area contributed by atoms with Crippen molar-refractivity contribution in [2.45, 2.75) is 13.8 Å². The monoisotopic (exact) mass is 505 g/mol. The van der Waals surface area contributed by atoms with Gasteiger partial charge in [-0.05, 0) is 44.2 Å². The first-order valence-electron chi connectivity index (χ1n) is 11.0. The van der Waals surface area contributed by atoms with Crippen LogP contribution >= 0.6 is 0 Å². The van der Waals surface area contributed by atoms with Crippen LogP contribution in [0.3, 0.4) is 0 Å². The summed E-state index contributed by atoms with van der Waals surface area (Å²) in [5.41, 5.74) is 1.23. The lowest BCUT2D eigenvalue weighted by Gasteiger charge is -2.19. The highest BCUT2D eigenvalue weighted by molar-refractivity contribution is 7.90. The van der Waals surface area contributed by atoms with E-state index in [2.05, 4.69) is 10.6 Å². The molecule has 0 aliphatic carbocycles. The third-order valence-corrected chi connectivity index (χ3v) is 6.01. The molecular weight excluding hydrogens is 477 g/mol. The molecule has 2 N–H and O–H groups in total. The SMILES string of the molecule is CCN(CC)C(=O)COc1cc2c(C(=O)NC)c(-c3ccc(F)cc3)oc2cc1NCS(C)(=O)=O. The lowest BCUT2D eigenvalue weighted by atomic mass is 10.0. The summed E-state index contributed by atoms with van der Waals surface area (Å²) in [4.78, 5) is 26.9. The van der Waals surface area contributed by atoms with Crippen LogP contribution in [0.1, 0.15) is 24.2 Å². The minimum Gasteiger partial charge on any atom is -0.482 e. The highest BCUT2D eigenvalue weighted by Gasteiger charge is 2.24. The van der Waals surface area contributed by atoms with Gasteiger partial charge in [-0.3, -0.25) is 9.59 Å². The number of likely N-dealkylation sites (N-methyl/N-ethyl adjacent to an activating group) is 1. The number of hydrogen-bond acceptors (Lipinski definition) is 7. The van der Waals surface area contributed by atoms with Gasteiger partial charge in [0.25, 0.3) is 11.8 Å². The highest BCUT2D eigenvalue weighted by atomic mass is 32.2. The van der Waals surface area contributed by atoms with E-state index in [0.717, 1.165) is 6.26 Å². The van der Waals surface area contributed by atoms with Crippen LogP contribution < -0.4 is 15.4 Å². The van der Waals surface area contributed by atoms with Gasteiger partial charge in [-0.1, -0.05) is 0 Å². The molecule has 35 heavy (non-hydrogen) atoms. The van der Waals surface area contributed by atoms with E-state index >= 15 is 0 Å². The fourth-order valence-corrected chi connectivity index (χ4v) is 3.97. The second kappa shape index (κ2) is 10.8. The summed E-state index contributed by atoms with van der Waals surface area (Å²) in [7, 11) is -1.91. The highest BCUT2D eigenvalue weighted by Crippen LogP contribution is 2.39. The smallest absolute Gasteiger partial charge is 0.260 e. The van der Waals surface area contributed by atoms with E-state index in [9.17, 15) is 22.4 Å². The first-order valence-corrected chi connectivity index (χ1v) is 13.0. The molecule has 1 aromatic heterocycles. The number of carbonyl (C=O) groups excluding carboxylic acids is 2. The number of furan rings is 1. The molecule has 0 unspecified atom stereocenters. The molecule has 0 saturated carbocycles. The average molecular weight is 506 g/mol. The lowest BCUT2D eigenvalue weighted by molar-refractivity contribution is -0.132. The zero-order valence-electron chi connectivity index (χ0n) is 20.0. The molecule has 0 aliphatic rings. The van der Waals surface area contributed by atoms with Crippen molar-refractivity contribution >= 4 is 38.3 Å². The second-order valence-corrected chi connectivity index (χ2v) is 9.98. The molecule has 0 aliphatic heterocycles. The number of nitrogens with zero attached hydrogens (tertiary/aromatic N) is 1. The molecule has 0 saturated heterocycles. The van der Waals surface area contributed by atoms with Gasteiger partial charge in [0.05, 0.1) is 11.3 Å². The molecule has 3 aromatic rings. The third kappa shape index (κ3) is 6.10. The number of hydrogen-bond donors (Lipinski definition) is 2. The predicted molar refractivity (Wildman–Crippen MR) is 132 cm³/mol. The quantitative estimate of drug-likeness (QED) is 0.434. The van der Waals surface area contributed by atoms with E-state index in [1.807, 2.05) is 13.8 Å². The van der Waals surface area contributed by atoms with Crippen LogP contribution in [0.5, 0.6) is 5.75 Å². The minimum absolute atomic E-state index is 0.179. The van der Waals surface area contributed by atoms with Crippen molar-refractivity contribution in [2.24, 2.45) is 0 Å². The molecule has 9 nitrogen and oxygen atoms in total. The minimum atomic E-state index is -3.38. The van der Waals surface area contributed by atoms with Crippen molar-refractivity contribution in [3.8, 4) is 17.1 Å². The molecule has 11 heteroatoms. The van der Waals surface area contributed by atoms with Gasteiger partial charge in [0.15, 0.2) is 16.4 Å². The standard InChI is InChI=1S/C24H28FN3O6S/c1-5-28(6-2)21(29)13-33-20-11-17-19(12-18(20)27-14-35(4,31)32)34-23(22(17)24(30)26-3)15-7-9-16(25)10-8-15/h7-12,27H,5-6,13-14H2,1-4H3,(H,26,30). The molecule has 0 bridgehead atoms. The molecule has 2 amide bonds. The van der Waals surface area contributed by atoms with Crippen LogP contribution in [0.15, 0.2) is 40.8 Å². The normalized spacial score (nSPS) is 11.3. The summed E-state index contributed by atoms with van der Waals surface area (Å²) in [5.74, 6) is -1.11. The van der Waals surface area contributed by atoms with Gasteiger partial charge in [-0.25, -0.2) is 12.8 Å². The van der Waals surface area contributed by atoms with Gasteiger partial charge >= 0.3 is 0 Å². The van der Waals surface area contributed by atoms with E-state index in [4.69, 9.17) is 9.15 Å². The Balaban J connectivity index is 2.14. The molecule has 0 spiro atoms. The molecule has 188 valence electrons. The van der Waals surface area contributed by atoms with Gasteiger partial charge < -0.3 is 24.7 Å². The molecule has 0 atom stereocenters. The number of nitrogens with one attached hydrogen (secondary N) is 2. The Bertz CT molecular complexity index is 1330.